The Bertz CT molecular complexity index is 592. The van der Waals surface area contributed by atoms with Gasteiger partial charge in [-0.3, -0.25) is 0 Å². The molecule has 0 aliphatic heterocycles. The van der Waals surface area contributed by atoms with Crippen LogP contribution >= 0.6 is 0 Å². The first-order chi connectivity index (χ1) is 10.1. The fourth-order valence-electron chi connectivity index (χ4n) is 1.30. The van der Waals surface area contributed by atoms with Crippen LogP contribution in [0.4, 0.5) is 13.2 Å². The maximum Gasteiger partial charge on any atom is 0.408 e. The molecule has 1 aromatic carbocycles. The summed E-state index contributed by atoms with van der Waals surface area (Å²) >= 11 is 0. The zero-order valence-electron chi connectivity index (χ0n) is 12.6. The van der Waals surface area contributed by atoms with E-state index < -0.39 is 28.0 Å². The van der Waals surface area contributed by atoms with Crippen LogP contribution in [0.3, 0.4) is 0 Å². The first-order valence-corrected chi connectivity index (χ1v) is 7.74. The SMILES string of the molecule is CC(C)(C)S(=O)N[C@@H](/C=C/C#Cc1ccccc1)C(F)(F)F. The highest BCUT2D eigenvalue weighted by Crippen LogP contribution is 2.23. The van der Waals surface area contributed by atoms with E-state index in [1.165, 1.54) is 0 Å². The third kappa shape index (κ3) is 6.46. The normalized spacial score (nSPS) is 15.2. The van der Waals surface area contributed by atoms with Crippen LogP contribution in [-0.2, 0) is 11.0 Å². The second-order valence-corrected chi connectivity index (χ2v) is 7.51. The van der Waals surface area contributed by atoms with Gasteiger partial charge >= 0.3 is 6.18 Å². The number of nitrogens with one attached hydrogen (secondary N) is 1. The van der Waals surface area contributed by atoms with E-state index >= 15 is 0 Å². The van der Waals surface area contributed by atoms with Crippen LogP contribution in [-0.4, -0.2) is 21.2 Å². The maximum absolute atomic E-state index is 12.9. The molecule has 0 radical (unpaired) electrons. The minimum absolute atomic E-state index is 0.710. The highest BCUT2D eigenvalue weighted by Gasteiger charge is 2.40. The van der Waals surface area contributed by atoms with Gasteiger partial charge in [-0.2, -0.15) is 13.2 Å². The van der Waals surface area contributed by atoms with Gasteiger partial charge in [0.1, 0.15) is 6.04 Å². The average Bonchev–Trinajstić information content (AvgIpc) is 2.40. The predicted molar refractivity (Wildman–Crippen MR) is 83.3 cm³/mol. The predicted octanol–water partition coefficient (Wildman–Crippen LogP) is 3.58. The monoisotopic (exact) mass is 329 g/mol. The van der Waals surface area contributed by atoms with E-state index in [4.69, 9.17) is 0 Å². The molecule has 1 N–H and O–H groups in total. The van der Waals surface area contributed by atoms with Crippen molar-refractivity contribution in [1.29, 1.82) is 0 Å². The van der Waals surface area contributed by atoms with Crippen LogP contribution < -0.4 is 4.72 Å². The number of benzene rings is 1. The Morgan fingerprint density at radius 1 is 1.18 bits per heavy atom. The molecule has 0 bridgehead atoms. The van der Waals surface area contributed by atoms with Crippen LogP contribution in [0.15, 0.2) is 42.5 Å². The second kappa shape index (κ2) is 7.61. The molecule has 0 aromatic heterocycles. The molecular weight excluding hydrogens is 311 g/mol. The summed E-state index contributed by atoms with van der Waals surface area (Å²) in [6, 6.07) is 6.93. The van der Waals surface area contributed by atoms with Crippen molar-refractivity contribution < 1.29 is 17.4 Å². The van der Waals surface area contributed by atoms with Gasteiger partial charge in [0.05, 0.1) is 15.7 Å². The van der Waals surface area contributed by atoms with E-state index in [1.54, 1.807) is 45.0 Å². The van der Waals surface area contributed by atoms with Crippen LogP contribution in [0.25, 0.3) is 0 Å². The van der Waals surface area contributed by atoms with E-state index in [1.807, 2.05) is 6.07 Å². The highest BCUT2D eigenvalue weighted by atomic mass is 32.2. The third-order valence-corrected chi connectivity index (χ3v) is 4.09. The molecule has 0 heterocycles. The molecule has 0 amide bonds. The Hall–Kier alpha value is -1.58. The third-order valence-electron chi connectivity index (χ3n) is 2.51. The Morgan fingerprint density at radius 2 is 1.77 bits per heavy atom. The molecule has 0 saturated carbocycles. The van der Waals surface area contributed by atoms with Gasteiger partial charge in [0.2, 0.25) is 0 Å². The molecule has 22 heavy (non-hydrogen) atoms. The lowest BCUT2D eigenvalue weighted by Crippen LogP contribution is -2.46. The zero-order valence-corrected chi connectivity index (χ0v) is 13.4. The average molecular weight is 329 g/mol. The number of hydrogen-bond donors (Lipinski definition) is 1. The molecule has 6 heteroatoms. The molecule has 1 aromatic rings. The number of alkyl halides is 3. The first-order valence-electron chi connectivity index (χ1n) is 6.59. The molecule has 0 spiro atoms. The van der Waals surface area contributed by atoms with Crippen molar-refractivity contribution in [3.63, 3.8) is 0 Å². The van der Waals surface area contributed by atoms with Crippen molar-refractivity contribution in [2.45, 2.75) is 37.7 Å². The largest absolute Gasteiger partial charge is 0.408 e. The van der Waals surface area contributed by atoms with Gasteiger partial charge in [0, 0.05) is 5.56 Å². The smallest absolute Gasteiger partial charge is 0.242 e. The summed E-state index contributed by atoms with van der Waals surface area (Å²) in [5.41, 5.74) is 0.710. The topological polar surface area (TPSA) is 29.1 Å². The number of halogens is 3. The molecule has 120 valence electrons. The lowest BCUT2D eigenvalue weighted by molar-refractivity contribution is -0.140. The van der Waals surface area contributed by atoms with Crippen LogP contribution in [0.1, 0.15) is 26.3 Å². The van der Waals surface area contributed by atoms with Crippen molar-refractivity contribution in [1.82, 2.24) is 4.72 Å². The van der Waals surface area contributed by atoms with Gasteiger partial charge < -0.3 is 0 Å². The second-order valence-electron chi connectivity index (χ2n) is 5.51. The molecule has 2 nitrogen and oxygen atoms in total. The lowest BCUT2D eigenvalue weighted by Gasteiger charge is -2.23. The summed E-state index contributed by atoms with van der Waals surface area (Å²) in [5, 5.41) is 0. The van der Waals surface area contributed by atoms with Crippen molar-refractivity contribution in [2.75, 3.05) is 0 Å². The summed E-state index contributed by atoms with van der Waals surface area (Å²) in [7, 11) is -1.82. The molecule has 0 aliphatic rings. The van der Waals surface area contributed by atoms with E-state index in [0.29, 0.717) is 5.56 Å². The minimum Gasteiger partial charge on any atom is -0.242 e. The van der Waals surface area contributed by atoms with Crippen molar-refractivity contribution in [2.24, 2.45) is 0 Å². The highest BCUT2D eigenvalue weighted by molar-refractivity contribution is 7.84. The van der Waals surface area contributed by atoms with Gasteiger partial charge in [-0.05, 0) is 45.1 Å². The summed E-state index contributed by atoms with van der Waals surface area (Å²) in [6.45, 7) is 4.80. The molecule has 0 fully saturated rings. The van der Waals surface area contributed by atoms with Gasteiger partial charge in [-0.1, -0.05) is 30.0 Å². The van der Waals surface area contributed by atoms with E-state index in [2.05, 4.69) is 16.6 Å². The minimum atomic E-state index is -4.54. The Balaban J connectivity index is 2.81. The van der Waals surface area contributed by atoms with Gasteiger partial charge in [0.25, 0.3) is 0 Å². The summed E-state index contributed by atoms with van der Waals surface area (Å²) < 4.78 is 51.9. The first kappa shape index (κ1) is 18.5. The fourth-order valence-corrected chi connectivity index (χ4v) is 2.09. The molecule has 1 rings (SSSR count). The summed E-state index contributed by atoms with van der Waals surface area (Å²) in [6.07, 6.45) is -2.54. The molecule has 2 atom stereocenters. The van der Waals surface area contributed by atoms with E-state index in [0.717, 1.165) is 12.2 Å². The van der Waals surface area contributed by atoms with Gasteiger partial charge in [0.15, 0.2) is 0 Å². The number of rotatable bonds is 3. The Labute approximate surface area is 131 Å². The van der Waals surface area contributed by atoms with Crippen LogP contribution in [0, 0.1) is 11.8 Å². The fraction of sp³-hybridized carbons (Fsp3) is 0.375. The van der Waals surface area contributed by atoms with Crippen LogP contribution in [0.2, 0.25) is 0 Å². The quantitative estimate of drug-likeness (QED) is 0.844. The van der Waals surface area contributed by atoms with Gasteiger partial charge in [-0.15, -0.1) is 0 Å². The van der Waals surface area contributed by atoms with Crippen molar-refractivity contribution >= 4 is 11.0 Å². The molecular formula is C16H18F3NOS. The lowest BCUT2D eigenvalue weighted by atomic mass is 10.2. The van der Waals surface area contributed by atoms with Gasteiger partial charge in [-0.25, -0.2) is 8.93 Å². The zero-order chi connectivity index (χ0) is 16.8. The van der Waals surface area contributed by atoms with E-state index in [-0.39, 0.29) is 0 Å². The van der Waals surface area contributed by atoms with Crippen LogP contribution in [0.5, 0.6) is 0 Å². The Morgan fingerprint density at radius 3 is 2.27 bits per heavy atom. The number of hydrogen-bond acceptors (Lipinski definition) is 1. The van der Waals surface area contributed by atoms with Crippen molar-refractivity contribution in [3.05, 3.63) is 48.0 Å². The summed E-state index contributed by atoms with van der Waals surface area (Å²) in [5.74, 6) is 5.27. The molecule has 0 aliphatic carbocycles. The summed E-state index contributed by atoms with van der Waals surface area (Å²) in [4.78, 5) is 0. The Kier molecular flexibility index (Phi) is 6.39. The molecule has 1 unspecified atom stereocenters. The number of allylic oxidation sites excluding steroid dienone is 1. The maximum atomic E-state index is 12.9. The molecule has 0 saturated heterocycles. The standard InChI is InChI=1S/C16H18F3NOS/c1-15(2,3)22(21)20-14(16(17,18)19)12-8-7-11-13-9-5-4-6-10-13/h4-6,8-10,12,14,20H,1-3H3/b12-8+/t14-,22?/m0/s1. The van der Waals surface area contributed by atoms with E-state index in [9.17, 15) is 17.4 Å². The van der Waals surface area contributed by atoms with Crippen molar-refractivity contribution in [3.8, 4) is 11.8 Å².